The van der Waals surface area contributed by atoms with Crippen molar-refractivity contribution in [3.63, 3.8) is 0 Å². The first-order valence-corrected chi connectivity index (χ1v) is 8.26. The third-order valence-corrected chi connectivity index (χ3v) is 4.92. The van der Waals surface area contributed by atoms with E-state index in [4.69, 9.17) is 16.3 Å². The fourth-order valence-corrected chi connectivity index (χ4v) is 3.17. The fraction of sp³-hybridized carbons (Fsp3) is 0.462. The molecule has 0 aliphatic rings. The molecule has 0 aliphatic carbocycles. The summed E-state index contributed by atoms with van der Waals surface area (Å²) in [6.07, 6.45) is 0. The molecule has 1 rings (SSSR count). The van der Waals surface area contributed by atoms with Crippen LogP contribution in [0.5, 0.6) is 5.75 Å². The van der Waals surface area contributed by atoms with E-state index in [0.29, 0.717) is 18.0 Å². The topological polar surface area (TPSA) is 63.7 Å². The van der Waals surface area contributed by atoms with Crippen LogP contribution < -0.4 is 9.04 Å². The Hall–Kier alpha value is -1.27. The van der Waals surface area contributed by atoms with Crippen LogP contribution in [0.4, 0.5) is 5.69 Å². The molecule has 1 aromatic rings. The van der Waals surface area contributed by atoms with Gasteiger partial charge in [-0.2, -0.15) is 0 Å². The molecule has 0 spiro atoms. The normalized spacial score (nSPS) is 12.8. The lowest BCUT2D eigenvalue weighted by Gasteiger charge is -2.27. The minimum Gasteiger partial charge on any atom is -0.494 e. The van der Waals surface area contributed by atoms with Crippen molar-refractivity contribution in [2.24, 2.45) is 0 Å². The Morgan fingerprint density at radius 1 is 1.30 bits per heavy atom. The van der Waals surface area contributed by atoms with Crippen molar-refractivity contribution >= 4 is 32.6 Å². The van der Waals surface area contributed by atoms with Crippen LogP contribution in [0.2, 0.25) is 0 Å². The van der Waals surface area contributed by atoms with Crippen molar-refractivity contribution in [3.8, 4) is 5.75 Å². The monoisotopic (exact) mass is 319 g/mol. The van der Waals surface area contributed by atoms with Crippen LogP contribution >= 0.6 is 11.6 Å². The molecule has 112 valence electrons. The molecule has 0 aromatic heterocycles. The molecular formula is C13H18ClNO4S. The second-order valence-electron chi connectivity index (χ2n) is 4.10. The molecule has 0 amide bonds. The second kappa shape index (κ2) is 6.95. The van der Waals surface area contributed by atoms with E-state index in [0.717, 1.165) is 4.31 Å². The standard InChI is InChI=1S/C13H18ClNO4S/c1-4-19-12-8-6-11(7-9-12)15(10(3)13(14)16)20(17,18)5-2/h6-10H,4-5H2,1-3H3. The van der Waals surface area contributed by atoms with Gasteiger partial charge in [-0.1, -0.05) is 0 Å². The SMILES string of the molecule is CCOc1ccc(N(C(C)C(=O)Cl)S(=O)(=O)CC)cc1. The Bertz CT molecular complexity index is 556. The van der Waals surface area contributed by atoms with Crippen LogP contribution in [0.1, 0.15) is 20.8 Å². The first-order valence-electron chi connectivity index (χ1n) is 6.27. The average molecular weight is 320 g/mol. The highest BCUT2D eigenvalue weighted by molar-refractivity contribution is 7.92. The number of carbonyl (C=O) groups excluding carboxylic acids is 1. The van der Waals surface area contributed by atoms with E-state index in [-0.39, 0.29) is 5.75 Å². The van der Waals surface area contributed by atoms with Gasteiger partial charge in [0, 0.05) is 0 Å². The van der Waals surface area contributed by atoms with Gasteiger partial charge in [0.15, 0.2) is 0 Å². The summed E-state index contributed by atoms with van der Waals surface area (Å²) in [6.45, 7) is 5.35. The van der Waals surface area contributed by atoms with E-state index in [1.165, 1.54) is 13.8 Å². The molecule has 5 nitrogen and oxygen atoms in total. The molecule has 0 saturated carbocycles. The minimum atomic E-state index is -3.60. The van der Waals surface area contributed by atoms with Crippen molar-refractivity contribution in [1.29, 1.82) is 0 Å². The summed E-state index contributed by atoms with van der Waals surface area (Å²) in [4.78, 5) is 11.3. The zero-order valence-electron chi connectivity index (χ0n) is 11.7. The number of nitrogens with zero attached hydrogens (tertiary/aromatic N) is 1. The van der Waals surface area contributed by atoms with E-state index in [9.17, 15) is 13.2 Å². The zero-order valence-corrected chi connectivity index (χ0v) is 13.2. The molecule has 0 heterocycles. The van der Waals surface area contributed by atoms with E-state index in [2.05, 4.69) is 0 Å². The van der Waals surface area contributed by atoms with Gasteiger partial charge >= 0.3 is 0 Å². The third-order valence-electron chi connectivity index (χ3n) is 2.75. The Morgan fingerprint density at radius 2 is 1.85 bits per heavy atom. The maximum atomic E-state index is 12.1. The molecule has 0 bridgehead atoms. The summed E-state index contributed by atoms with van der Waals surface area (Å²) < 4.78 is 30.6. The van der Waals surface area contributed by atoms with E-state index < -0.39 is 21.3 Å². The average Bonchev–Trinajstić information content (AvgIpc) is 2.41. The summed E-state index contributed by atoms with van der Waals surface area (Å²) >= 11 is 5.45. The van der Waals surface area contributed by atoms with Crippen molar-refractivity contribution in [3.05, 3.63) is 24.3 Å². The van der Waals surface area contributed by atoms with Crippen LogP contribution in [0, 0.1) is 0 Å². The van der Waals surface area contributed by atoms with Crippen molar-refractivity contribution in [2.75, 3.05) is 16.7 Å². The van der Waals surface area contributed by atoms with Gasteiger partial charge in [0.25, 0.3) is 0 Å². The van der Waals surface area contributed by atoms with Crippen molar-refractivity contribution in [1.82, 2.24) is 0 Å². The van der Waals surface area contributed by atoms with E-state index in [1.54, 1.807) is 24.3 Å². The number of ether oxygens (including phenoxy) is 1. The maximum absolute atomic E-state index is 12.1. The highest BCUT2D eigenvalue weighted by Crippen LogP contribution is 2.25. The smallest absolute Gasteiger partial charge is 0.245 e. The molecule has 1 atom stereocenters. The summed E-state index contributed by atoms with van der Waals surface area (Å²) in [5.74, 6) is 0.518. The zero-order chi connectivity index (χ0) is 15.3. The van der Waals surface area contributed by atoms with Gasteiger partial charge in [0.05, 0.1) is 18.0 Å². The number of halogens is 1. The van der Waals surface area contributed by atoms with Crippen LogP contribution in [-0.2, 0) is 14.8 Å². The molecule has 0 saturated heterocycles. The Labute approximate surface area is 124 Å². The van der Waals surface area contributed by atoms with Crippen LogP contribution in [0.25, 0.3) is 0 Å². The number of rotatable bonds is 7. The van der Waals surface area contributed by atoms with Gasteiger partial charge in [0.2, 0.25) is 15.3 Å². The van der Waals surface area contributed by atoms with Gasteiger partial charge in [-0.3, -0.25) is 9.10 Å². The molecule has 1 unspecified atom stereocenters. The molecule has 7 heteroatoms. The quantitative estimate of drug-likeness (QED) is 0.724. The predicted octanol–water partition coefficient (Wildman–Crippen LogP) is 2.40. The largest absolute Gasteiger partial charge is 0.494 e. The number of sulfonamides is 1. The first kappa shape index (κ1) is 16.8. The van der Waals surface area contributed by atoms with E-state index >= 15 is 0 Å². The Balaban J connectivity index is 3.21. The van der Waals surface area contributed by atoms with Crippen molar-refractivity contribution in [2.45, 2.75) is 26.8 Å². The van der Waals surface area contributed by atoms with Crippen LogP contribution in [0.3, 0.4) is 0 Å². The van der Waals surface area contributed by atoms with Gasteiger partial charge in [-0.25, -0.2) is 8.42 Å². The fourth-order valence-electron chi connectivity index (χ4n) is 1.71. The highest BCUT2D eigenvalue weighted by Gasteiger charge is 2.29. The number of anilines is 1. The minimum absolute atomic E-state index is 0.116. The van der Waals surface area contributed by atoms with Crippen LogP contribution in [-0.4, -0.2) is 32.1 Å². The second-order valence-corrected chi connectivity index (χ2v) is 6.61. The van der Waals surface area contributed by atoms with Gasteiger partial charge in [0.1, 0.15) is 11.8 Å². The molecule has 0 fully saturated rings. The molecule has 20 heavy (non-hydrogen) atoms. The molecular weight excluding hydrogens is 302 g/mol. The Kier molecular flexibility index (Phi) is 5.83. The lowest BCUT2D eigenvalue weighted by atomic mass is 10.2. The summed E-state index contributed by atoms with van der Waals surface area (Å²) in [5, 5.41) is -0.726. The van der Waals surface area contributed by atoms with Gasteiger partial charge in [-0.15, -0.1) is 0 Å². The third kappa shape index (κ3) is 3.86. The number of hydrogen-bond acceptors (Lipinski definition) is 4. The maximum Gasteiger partial charge on any atom is 0.245 e. The van der Waals surface area contributed by atoms with Crippen molar-refractivity contribution < 1.29 is 17.9 Å². The lowest BCUT2D eigenvalue weighted by Crippen LogP contribution is -2.42. The summed E-state index contributed by atoms with van der Waals surface area (Å²) in [6, 6.07) is 5.54. The van der Waals surface area contributed by atoms with E-state index in [1.807, 2.05) is 6.92 Å². The number of benzene rings is 1. The number of carbonyl (C=O) groups is 1. The molecule has 1 aromatic carbocycles. The molecule has 0 N–H and O–H groups in total. The summed E-state index contributed by atoms with van der Waals surface area (Å²) in [7, 11) is -3.60. The van der Waals surface area contributed by atoms with Crippen LogP contribution in [0.15, 0.2) is 24.3 Å². The number of hydrogen-bond donors (Lipinski definition) is 0. The highest BCUT2D eigenvalue weighted by atomic mass is 35.5. The Morgan fingerprint density at radius 3 is 2.25 bits per heavy atom. The lowest BCUT2D eigenvalue weighted by molar-refractivity contribution is -0.112. The summed E-state index contributed by atoms with van der Waals surface area (Å²) in [5.41, 5.74) is 0.386. The molecule has 0 aliphatic heterocycles. The van der Waals surface area contributed by atoms with Gasteiger partial charge < -0.3 is 4.74 Å². The first-order chi connectivity index (χ1) is 9.33. The van der Waals surface area contributed by atoms with Gasteiger partial charge in [-0.05, 0) is 56.6 Å². The predicted molar refractivity (Wildman–Crippen MR) is 79.9 cm³/mol. The molecule has 0 radical (unpaired) electrons.